The molecule has 0 saturated heterocycles. The van der Waals surface area contributed by atoms with Crippen molar-refractivity contribution in [3.8, 4) is 5.75 Å². The van der Waals surface area contributed by atoms with Crippen LogP contribution in [-0.2, 0) is 4.79 Å². The van der Waals surface area contributed by atoms with E-state index >= 15 is 0 Å². The predicted molar refractivity (Wildman–Crippen MR) is 119 cm³/mol. The summed E-state index contributed by atoms with van der Waals surface area (Å²) >= 11 is 1.34. The number of nitrogens with one attached hydrogen (secondary N) is 1. The van der Waals surface area contributed by atoms with E-state index in [-0.39, 0.29) is 11.8 Å². The molecule has 31 heavy (non-hydrogen) atoms. The highest BCUT2D eigenvalue weighted by molar-refractivity contribution is 7.15. The van der Waals surface area contributed by atoms with Crippen molar-refractivity contribution in [2.45, 2.75) is 12.8 Å². The Labute approximate surface area is 183 Å². The standard InChI is InChI=1S/C24H19N3O3S/c1-16(28)30-20-14-12-19(13-15-20)22(29)25-24-27-26-23(31-24)21(17-8-4-2-5-9-17)18-10-6-3-7-11-18/h2-15,21H,1H3,(H,25,27,29). The van der Waals surface area contributed by atoms with E-state index < -0.39 is 5.97 Å². The number of rotatable bonds is 6. The number of esters is 1. The van der Waals surface area contributed by atoms with E-state index in [1.807, 2.05) is 36.4 Å². The molecule has 4 aromatic rings. The molecule has 0 saturated carbocycles. The first kappa shape index (κ1) is 20.4. The molecular formula is C24H19N3O3S. The van der Waals surface area contributed by atoms with Crippen molar-refractivity contribution in [3.05, 3.63) is 107 Å². The SMILES string of the molecule is CC(=O)Oc1ccc(C(=O)Nc2nnc(C(c3ccccc3)c3ccccc3)s2)cc1. The lowest BCUT2D eigenvalue weighted by molar-refractivity contribution is -0.131. The Morgan fingerprint density at radius 1 is 0.839 bits per heavy atom. The monoisotopic (exact) mass is 429 g/mol. The van der Waals surface area contributed by atoms with Gasteiger partial charge in [-0.1, -0.05) is 72.0 Å². The lowest BCUT2D eigenvalue weighted by Gasteiger charge is -2.14. The molecule has 0 atom stereocenters. The third-order valence-corrected chi connectivity index (χ3v) is 5.46. The van der Waals surface area contributed by atoms with Gasteiger partial charge in [-0.25, -0.2) is 0 Å². The van der Waals surface area contributed by atoms with Crippen molar-refractivity contribution in [1.82, 2.24) is 10.2 Å². The number of aromatic nitrogens is 2. The Bertz CT molecular complexity index is 1140. The van der Waals surface area contributed by atoms with Crippen LogP contribution < -0.4 is 10.1 Å². The van der Waals surface area contributed by atoms with Gasteiger partial charge in [0.2, 0.25) is 5.13 Å². The summed E-state index contributed by atoms with van der Waals surface area (Å²) in [5.74, 6) is -0.414. The molecule has 0 aliphatic heterocycles. The maximum absolute atomic E-state index is 12.6. The minimum Gasteiger partial charge on any atom is -0.427 e. The summed E-state index contributed by atoms with van der Waals surface area (Å²) in [6, 6.07) is 26.5. The topological polar surface area (TPSA) is 81.2 Å². The Kier molecular flexibility index (Phi) is 6.14. The number of ether oxygens (including phenoxy) is 1. The quantitative estimate of drug-likeness (QED) is 0.348. The molecule has 0 radical (unpaired) electrons. The van der Waals surface area contributed by atoms with Crippen LogP contribution in [0.5, 0.6) is 5.75 Å². The summed E-state index contributed by atoms with van der Waals surface area (Å²) in [5, 5.41) is 12.5. The summed E-state index contributed by atoms with van der Waals surface area (Å²) < 4.78 is 4.99. The van der Waals surface area contributed by atoms with Crippen LogP contribution in [0.15, 0.2) is 84.9 Å². The molecule has 7 heteroatoms. The fraction of sp³-hybridized carbons (Fsp3) is 0.0833. The van der Waals surface area contributed by atoms with Crippen LogP contribution in [0, 0.1) is 0 Å². The van der Waals surface area contributed by atoms with Gasteiger partial charge >= 0.3 is 5.97 Å². The second kappa shape index (κ2) is 9.32. The summed E-state index contributed by atoms with van der Waals surface area (Å²) in [5.41, 5.74) is 2.63. The Hall–Kier alpha value is -3.84. The molecule has 0 spiro atoms. The van der Waals surface area contributed by atoms with Gasteiger partial charge in [-0.15, -0.1) is 10.2 Å². The van der Waals surface area contributed by atoms with Crippen molar-refractivity contribution in [1.29, 1.82) is 0 Å². The Morgan fingerprint density at radius 2 is 1.42 bits per heavy atom. The van der Waals surface area contributed by atoms with Crippen LogP contribution in [0.25, 0.3) is 0 Å². The minimum atomic E-state index is -0.412. The molecule has 4 rings (SSSR count). The molecular weight excluding hydrogens is 410 g/mol. The van der Waals surface area contributed by atoms with Crippen LogP contribution in [0.2, 0.25) is 0 Å². The average Bonchev–Trinajstić information content (AvgIpc) is 3.23. The number of anilines is 1. The molecule has 3 aromatic carbocycles. The number of carbonyl (C=O) groups is 2. The van der Waals surface area contributed by atoms with Crippen LogP contribution in [0.1, 0.15) is 39.3 Å². The van der Waals surface area contributed by atoms with E-state index in [4.69, 9.17) is 4.74 Å². The molecule has 1 amide bonds. The van der Waals surface area contributed by atoms with Gasteiger partial charge in [0.15, 0.2) is 0 Å². The molecule has 0 aliphatic carbocycles. The van der Waals surface area contributed by atoms with Crippen LogP contribution in [-0.4, -0.2) is 22.1 Å². The first-order chi connectivity index (χ1) is 15.1. The van der Waals surface area contributed by atoms with Gasteiger partial charge in [-0.3, -0.25) is 14.9 Å². The van der Waals surface area contributed by atoms with Gasteiger partial charge in [0.1, 0.15) is 10.8 Å². The van der Waals surface area contributed by atoms with E-state index in [0.29, 0.717) is 16.4 Å². The van der Waals surface area contributed by atoms with E-state index in [9.17, 15) is 9.59 Å². The highest BCUT2D eigenvalue weighted by Crippen LogP contribution is 2.34. The number of nitrogens with zero attached hydrogens (tertiary/aromatic N) is 2. The fourth-order valence-electron chi connectivity index (χ4n) is 3.18. The third-order valence-electron chi connectivity index (χ3n) is 4.55. The maximum atomic E-state index is 12.6. The van der Waals surface area contributed by atoms with Gasteiger partial charge in [0.25, 0.3) is 5.91 Å². The molecule has 0 aliphatic rings. The van der Waals surface area contributed by atoms with E-state index in [2.05, 4.69) is 39.8 Å². The van der Waals surface area contributed by atoms with Crippen molar-refractivity contribution >= 4 is 28.3 Å². The van der Waals surface area contributed by atoms with E-state index in [1.54, 1.807) is 24.3 Å². The maximum Gasteiger partial charge on any atom is 0.308 e. The van der Waals surface area contributed by atoms with Crippen molar-refractivity contribution in [2.75, 3.05) is 5.32 Å². The van der Waals surface area contributed by atoms with Crippen molar-refractivity contribution < 1.29 is 14.3 Å². The molecule has 1 aromatic heterocycles. The van der Waals surface area contributed by atoms with Gasteiger partial charge in [0, 0.05) is 12.5 Å². The zero-order valence-electron chi connectivity index (χ0n) is 16.7. The molecule has 1 heterocycles. The highest BCUT2D eigenvalue weighted by atomic mass is 32.1. The van der Waals surface area contributed by atoms with E-state index in [0.717, 1.165) is 16.1 Å². The fourth-order valence-corrected chi connectivity index (χ4v) is 4.08. The molecule has 0 unspecified atom stereocenters. The highest BCUT2D eigenvalue weighted by Gasteiger charge is 2.21. The number of carbonyl (C=O) groups excluding carboxylic acids is 2. The van der Waals surface area contributed by atoms with Gasteiger partial charge in [-0.2, -0.15) is 0 Å². The number of hydrogen-bond donors (Lipinski definition) is 1. The number of benzene rings is 3. The largest absolute Gasteiger partial charge is 0.427 e. The summed E-state index contributed by atoms with van der Waals surface area (Å²) in [7, 11) is 0. The summed E-state index contributed by atoms with van der Waals surface area (Å²) in [6.45, 7) is 1.33. The van der Waals surface area contributed by atoms with Gasteiger partial charge in [-0.05, 0) is 35.4 Å². The molecule has 6 nitrogen and oxygen atoms in total. The smallest absolute Gasteiger partial charge is 0.308 e. The molecule has 0 fully saturated rings. The molecule has 0 bridgehead atoms. The zero-order chi connectivity index (χ0) is 21.6. The minimum absolute atomic E-state index is 0.0754. The lowest BCUT2D eigenvalue weighted by Crippen LogP contribution is -2.11. The van der Waals surface area contributed by atoms with Crippen LogP contribution in [0.4, 0.5) is 5.13 Å². The normalized spacial score (nSPS) is 10.6. The van der Waals surface area contributed by atoms with Crippen molar-refractivity contribution in [2.24, 2.45) is 0 Å². The van der Waals surface area contributed by atoms with Gasteiger partial charge < -0.3 is 4.74 Å². The zero-order valence-corrected chi connectivity index (χ0v) is 17.5. The Balaban J connectivity index is 1.55. The Morgan fingerprint density at radius 3 is 1.97 bits per heavy atom. The second-order valence-electron chi connectivity index (χ2n) is 6.77. The first-order valence-corrected chi connectivity index (χ1v) is 10.4. The van der Waals surface area contributed by atoms with Crippen LogP contribution in [0.3, 0.4) is 0 Å². The van der Waals surface area contributed by atoms with Gasteiger partial charge in [0.05, 0.1) is 5.92 Å². The predicted octanol–water partition coefficient (Wildman–Crippen LogP) is 4.90. The average molecular weight is 430 g/mol. The van der Waals surface area contributed by atoms with Crippen LogP contribution >= 0.6 is 11.3 Å². The molecule has 1 N–H and O–H groups in total. The number of hydrogen-bond acceptors (Lipinski definition) is 6. The lowest BCUT2D eigenvalue weighted by atomic mass is 9.92. The number of amides is 1. The molecule has 154 valence electrons. The summed E-state index contributed by atoms with van der Waals surface area (Å²) in [6.07, 6.45) is 0. The summed E-state index contributed by atoms with van der Waals surface area (Å²) in [4.78, 5) is 23.6. The van der Waals surface area contributed by atoms with Crippen molar-refractivity contribution in [3.63, 3.8) is 0 Å². The second-order valence-corrected chi connectivity index (χ2v) is 7.78. The third kappa shape index (κ3) is 5.02. The van der Waals surface area contributed by atoms with E-state index in [1.165, 1.54) is 18.3 Å². The first-order valence-electron chi connectivity index (χ1n) is 9.63.